The van der Waals surface area contributed by atoms with Crippen LogP contribution in [0.4, 0.5) is 11.4 Å². The summed E-state index contributed by atoms with van der Waals surface area (Å²) in [6.07, 6.45) is 0. The van der Waals surface area contributed by atoms with Crippen molar-refractivity contribution >= 4 is 35.0 Å². The number of carbonyl (C=O) groups is 2. The fourth-order valence-corrected chi connectivity index (χ4v) is 3.07. The van der Waals surface area contributed by atoms with E-state index >= 15 is 0 Å². The van der Waals surface area contributed by atoms with Crippen LogP contribution in [0, 0.1) is 30.9 Å². The summed E-state index contributed by atoms with van der Waals surface area (Å²) in [7, 11) is 0. The molecule has 0 spiro atoms. The Labute approximate surface area is 161 Å². The molecule has 0 aliphatic carbocycles. The molecule has 2 aromatic rings. The van der Waals surface area contributed by atoms with Crippen molar-refractivity contribution in [2.45, 2.75) is 25.7 Å². The molecule has 0 aromatic heterocycles. The van der Waals surface area contributed by atoms with Crippen LogP contribution >= 0.6 is 11.8 Å². The van der Waals surface area contributed by atoms with Crippen LogP contribution in [0.5, 0.6) is 0 Å². The number of ether oxygens (including phenoxy) is 1. The van der Waals surface area contributed by atoms with Gasteiger partial charge in [-0.05, 0) is 50.1 Å². The zero-order chi connectivity index (χ0) is 20.0. The van der Waals surface area contributed by atoms with Gasteiger partial charge < -0.3 is 10.1 Å². The number of hydrogen-bond acceptors (Lipinski definition) is 6. The van der Waals surface area contributed by atoms with Crippen molar-refractivity contribution in [1.29, 1.82) is 0 Å². The number of anilines is 1. The molecule has 1 amide bonds. The Morgan fingerprint density at radius 2 is 1.89 bits per heavy atom. The molecule has 0 atom stereocenters. The van der Waals surface area contributed by atoms with Crippen LogP contribution < -0.4 is 5.32 Å². The largest absolute Gasteiger partial charge is 0.455 e. The molecule has 8 heteroatoms. The fourth-order valence-electron chi connectivity index (χ4n) is 2.28. The van der Waals surface area contributed by atoms with Gasteiger partial charge in [-0.2, -0.15) is 0 Å². The minimum absolute atomic E-state index is 0.0883. The van der Waals surface area contributed by atoms with Gasteiger partial charge in [-0.25, -0.2) is 0 Å². The second kappa shape index (κ2) is 9.18. The van der Waals surface area contributed by atoms with E-state index in [2.05, 4.69) is 5.32 Å². The summed E-state index contributed by atoms with van der Waals surface area (Å²) < 4.78 is 4.96. The highest BCUT2D eigenvalue weighted by Crippen LogP contribution is 2.25. The summed E-state index contributed by atoms with van der Waals surface area (Å²) >= 11 is 1.33. The van der Waals surface area contributed by atoms with Gasteiger partial charge in [0.15, 0.2) is 6.61 Å². The molecule has 7 nitrogen and oxygen atoms in total. The number of aryl methyl sites for hydroxylation is 2. The Bertz CT molecular complexity index is 882. The first-order chi connectivity index (χ1) is 12.8. The van der Waals surface area contributed by atoms with Crippen molar-refractivity contribution in [3.8, 4) is 0 Å². The zero-order valence-electron chi connectivity index (χ0n) is 15.3. The van der Waals surface area contributed by atoms with Crippen molar-refractivity contribution < 1.29 is 19.2 Å². The molecule has 0 radical (unpaired) electrons. The van der Waals surface area contributed by atoms with Crippen molar-refractivity contribution in [3.63, 3.8) is 0 Å². The Morgan fingerprint density at radius 3 is 2.56 bits per heavy atom. The third-order valence-electron chi connectivity index (χ3n) is 3.98. The molecule has 0 saturated carbocycles. The molecule has 142 valence electrons. The number of nitro benzene ring substituents is 1. The minimum atomic E-state index is -0.553. The summed E-state index contributed by atoms with van der Waals surface area (Å²) in [5.74, 6) is -0.974. The van der Waals surface area contributed by atoms with E-state index in [1.807, 2.05) is 32.0 Å². The smallest absolute Gasteiger partial charge is 0.316 e. The molecule has 0 fully saturated rings. The highest BCUT2D eigenvalue weighted by Gasteiger charge is 2.15. The number of rotatable bonds is 7. The summed E-state index contributed by atoms with van der Waals surface area (Å²) in [5.41, 5.74) is 2.88. The van der Waals surface area contributed by atoms with Crippen LogP contribution in [0.1, 0.15) is 16.7 Å². The molecule has 2 aromatic carbocycles. The van der Waals surface area contributed by atoms with Gasteiger partial charge in [0.25, 0.3) is 11.6 Å². The van der Waals surface area contributed by atoms with Crippen molar-refractivity contribution in [2.24, 2.45) is 0 Å². The van der Waals surface area contributed by atoms with Gasteiger partial charge >= 0.3 is 5.97 Å². The van der Waals surface area contributed by atoms with E-state index in [-0.39, 0.29) is 11.4 Å². The van der Waals surface area contributed by atoms with Gasteiger partial charge in [0.1, 0.15) is 0 Å². The summed E-state index contributed by atoms with van der Waals surface area (Å²) in [5, 5.41) is 13.4. The molecule has 27 heavy (non-hydrogen) atoms. The predicted octanol–water partition coefficient (Wildman–Crippen LogP) is 3.79. The van der Waals surface area contributed by atoms with Gasteiger partial charge in [-0.15, -0.1) is 11.8 Å². The van der Waals surface area contributed by atoms with Gasteiger partial charge in [-0.1, -0.05) is 12.1 Å². The van der Waals surface area contributed by atoms with Crippen LogP contribution in [0.15, 0.2) is 41.3 Å². The number of benzene rings is 2. The van der Waals surface area contributed by atoms with E-state index in [1.54, 1.807) is 13.0 Å². The van der Waals surface area contributed by atoms with Crippen LogP contribution in [-0.2, 0) is 14.3 Å². The maximum absolute atomic E-state index is 11.9. The second-order valence-corrected chi connectivity index (χ2v) is 7.00. The number of hydrogen-bond donors (Lipinski definition) is 1. The molecule has 2 rings (SSSR count). The molecule has 0 heterocycles. The molecule has 0 saturated heterocycles. The first-order valence-electron chi connectivity index (χ1n) is 8.17. The van der Waals surface area contributed by atoms with Gasteiger partial charge in [0.2, 0.25) is 0 Å². The number of thioether (sulfide) groups is 1. The zero-order valence-corrected chi connectivity index (χ0v) is 16.1. The normalized spacial score (nSPS) is 10.3. The third-order valence-corrected chi connectivity index (χ3v) is 4.94. The lowest BCUT2D eigenvalue weighted by Crippen LogP contribution is -2.22. The maximum atomic E-state index is 11.9. The van der Waals surface area contributed by atoms with Crippen LogP contribution in [0.2, 0.25) is 0 Å². The van der Waals surface area contributed by atoms with E-state index in [4.69, 9.17) is 4.74 Å². The monoisotopic (exact) mass is 388 g/mol. The average molecular weight is 388 g/mol. The number of nitro groups is 1. The number of esters is 1. The Balaban J connectivity index is 1.83. The van der Waals surface area contributed by atoms with Gasteiger partial charge in [0, 0.05) is 11.0 Å². The van der Waals surface area contributed by atoms with E-state index in [9.17, 15) is 19.7 Å². The predicted molar refractivity (Wildman–Crippen MR) is 104 cm³/mol. The SMILES string of the molecule is Cc1ccc(SCC(=O)OCC(=O)Nc2cccc([N+](=O)[O-])c2C)cc1C. The minimum Gasteiger partial charge on any atom is -0.455 e. The summed E-state index contributed by atoms with van der Waals surface area (Å²) in [6.45, 7) is 5.10. The van der Waals surface area contributed by atoms with Crippen molar-refractivity contribution in [2.75, 3.05) is 17.7 Å². The number of amides is 1. The number of nitrogens with zero attached hydrogens (tertiary/aromatic N) is 1. The summed E-state index contributed by atoms with van der Waals surface area (Å²) in [6, 6.07) is 10.3. The molecular weight excluding hydrogens is 368 g/mol. The molecular formula is C19H20N2O5S. The first kappa shape index (κ1) is 20.4. The Morgan fingerprint density at radius 1 is 1.15 bits per heavy atom. The average Bonchev–Trinajstić information content (AvgIpc) is 2.62. The molecule has 0 aliphatic rings. The topological polar surface area (TPSA) is 98.5 Å². The lowest BCUT2D eigenvalue weighted by atomic mass is 10.1. The lowest BCUT2D eigenvalue weighted by Gasteiger charge is -2.09. The van der Waals surface area contributed by atoms with Crippen LogP contribution in [0.3, 0.4) is 0 Å². The van der Waals surface area contributed by atoms with Gasteiger partial charge in [-0.3, -0.25) is 19.7 Å². The van der Waals surface area contributed by atoms with Crippen LogP contribution in [0.25, 0.3) is 0 Å². The van der Waals surface area contributed by atoms with Gasteiger partial charge in [0.05, 0.1) is 21.9 Å². The first-order valence-corrected chi connectivity index (χ1v) is 9.16. The Kier molecular flexibility index (Phi) is 6.95. The van der Waals surface area contributed by atoms with E-state index in [0.29, 0.717) is 11.3 Å². The third kappa shape index (κ3) is 5.82. The van der Waals surface area contributed by atoms with E-state index in [0.717, 1.165) is 10.5 Å². The molecule has 0 bridgehead atoms. The second-order valence-electron chi connectivity index (χ2n) is 5.95. The molecule has 0 aliphatic heterocycles. The van der Waals surface area contributed by atoms with E-state index < -0.39 is 23.4 Å². The van der Waals surface area contributed by atoms with Crippen molar-refractivity contribution in [3.05, 3.63) is 63.2 Å². The van der Waals surface area contributed by atoms with Crippen LogP contribution in [-0.4, -0.2) is 29.2 Å². The number of nitrogens with one attached hydrogen (secondary N) is 1. The van der Waals surface area contributed by atoms with E-state index in [1.165, 1.54) is 29.5 Å². The lowest BCUT2D eigenvalue weighted by molar-refractivity contribution is -0.385. The standard InChI is InChI=1S/C19H20N2O5S/c1-12-7-8-15(9-13(12)2)27-11-19(23)26-10-18(22)20-16-5-4-6-17(14(16)3)21(24)25/h4-9H,10-11H2,1-3H3,(H,20,22). The fraction of sp³-hybridized carbons (Fsp3) is 0.263. The summed E-state index contributed by atoms with van der Waals surface area (Å²) in [4.78, 5) is 35.1. The number of carbonyl (C=O) groups excluding carboxylic acids is 2. The highest BCUT2D eigenvalue weighted by molar-refractivity contribution is 8.00. The van der Waals surface area contributed by atoms with Crippen molar-refractivity contribution in [1.82, 2.24) is 0 Å². The highest BCUT2D eigenvalue weighted by atomic mass is 32.2. The molecule has 1 N–H and O–H groups in total. The quantitative estimate of drug-likeness (QED) is 0.335. The Hall–Kier alpha value is -2.87. The molecule has 0 unspecified atom stereocenters. The maximum Gasteiger partial charge on any atom is 0.316 e.